The Morgan fingerprint density at radius 2 is 1.93 bits per heavy atom. The predicted octanol–water partition coefficient (Wildman–Crippen LogP) is 2.92. The number of piperazine rings is 1. The molecule has 0 atom stereocenters. The molecule has 29 heavy (non-hydrogen) atoms. The Balaban J connectivity index is 1.56. The molecule has 7 nitrogen and oxygen atoms in total. The lowest BCUT2D eigenvalue weighted by atomic mass is 10.2. The molecule has 3 amide bonds. The van der Waals surface area contributed by atoms with Crippen molar-refractivity contribution in [3.05, 3.63) is 52.0 Å². The molecule has 1 fully saturated rings. The second-order valence-electron chi connectivity index (χ2n) is 6.67. The molecule has 0 saturated carbocycles. The van der Waals surface area contributed by atoms with E-state index in [1.807, 2.05) is 43.5 Å². The number of aromatic nitrogens is 1. The van der Waals surface area contributed by atoms with Gasteiger partial charge in [0.25, 0.3) is 0 Å². The molecule has 1 N–H and O–H groups in total. The number of hydrogen-bond acceptors (Lipinski definition) is 5. The van der Waals surface area contributed by atoms with E-state index in [-0.39, 0.29) is 11.9 Å². The Morgan fingerprint density at radius 3 is 2.62 bits per heavy atom. The standard InChI is InChI=1S/C21H26N4O3S/c1-3-22-21(27)25-12-10-24(11-13-25)20(26)9-8-17-6-4-5-7-19(17)28-14-18-15-29-16(2)23-18/h4-9,15H,3,10-14H2,1-2H3,(H,22,27)/b9-8+. The number of urea groups is 1. The van der Waals surface area contributed by atoms with Gasteiger partial charge in [-0.15, -0.1) is 11.3 Å². The minimum Gasteiger partial charge on any atom is -0.487 e. The van der Waals surface area contributed by atoms with E-state index in [1.165, 1.54) is 0 Å². The topological polar surface area (TPSA) is 74.8 Å². The third-order valence-electron chi connectivity index (χ3n) is 4.57. The number of nitrogens with one attached hydrogen (secondary N) is 1. The Kier molecular flexibility index (Phi) is 7.24. The largest absolute Gasteiger partial charge is 0.487 e. The van der Waals surface area contributed by atoms with Crippen LogP contribution in [0.3, 0.4) is 0 Å². The Hall–Kier alpha value is -2.87. The number of ether oxygens (including phenoxy) is 1. The summed E-state index contributed by atoms with van der Waals surface area (Å²) in [4.78, 5) is 32.3. The zero-order valence-corrected chi connectivity index (χ0v) is 17.6. The van der Waals surface area contributed by atoms with Crippen molar-refractivity contribution in [3.8, 4) is 5.75 Å². The molecule has 3 rings (SSSR count). The van der Waals surface area contributed by atoms with Crippen LogP contribution in [0.15, 0.2) is 35.7 Å². The van der Waals surface area contributed by atoms with Crippen molar-refractivity contribution < 1.29 is 14.3 Å². The van der Waals surface area contributed by atoms with Crippen LogP contribution < -0.4 is 10.1 Å². The van der Waals surface area contributed by atoms with Gasteiger partial charge in [-0.25, -0.2) is 9.78 Å². The first kappa shape index (κ1) is 20.9. The van der Waals surface area contributed by atoms with Crippen LogP contribution in [0.1, 0.15) is 23.2 Å². The molecule has 1 aromatic heterocycles. The van der Waals surface area contributed by atoms with E-state index in [0.29, 0.717) is 45.1 Å². The summed E-state index contributed by atoms with van der Waals surface area (Å²) in [6, 6.07) is 7.54. The van der Waals surface area contributed by atoms with Gasteiger partial charge in [-0.05, 0) is 26.0 Å². The fraction of sp³-hybridized carbons (Fsp3) is 0.381. The average Bonchev–Trinajstić information content (AvgIpc) is 3.16. The van der Waals surface area contributed by atoms with Crippen molar-refractivity contribution in [2.75, 3.05) is 32.7 Å². The van der Waals surface area contributed by atoms with Crippen molar-refractivity contribution in [1.82, 2.24) is 20.1 Å². The molecule has 0 bridgehead atoms. The van der Waals surface area contributed by atoms with Gasteiger partial charge in [-0.3, -0.25) is 4.79 Å². The number of thiazole rings is 1. The molecular weight excluding hydrogens is 388 g/mol. The van der Waals surface area contributed by atoms with E-state index < -0.39 is 0 Å². The highest BCUT2D eigenvalue weighted by Gasteiger charge is 2.22. The van der Waals surface area contributed by atoms with E-state index in [9.17, 15) is 9.59 Å². The number of aryl methyl sites for hydroxylation is 1. The summed E-state index contributed by atoms with van der Waals surface area (Å²) in [5.41, 5.74) is 1.74. The molecule has 1 aliphatic heterocycles. The second kappa shape index (κ2) is 10.1. The first-order valence-corrected chi connectivity index (χ1v) is 10.6. The molecule has 0 radical (unpaired) electrons. The summed E-state index contributed by atoms with van der Waals surface area (Å²) in [5.74, 6) is 0.647. The minimum atomic E-state index is -0.0727. The molecule has 0 aliphatic carbocycles. The lowest BCUT2D eigenvalue weighted by molar-refractivity contribution is -0.127. The molecule has 2 aromatic rings. The fourth-order valence-corrected chi connectivity index (χ4v) is 3.63. The second-order valence-corrected chi connectivity index (χ2v) is 7.73. The minimum absolute atomic E-state index is 0.0644. The van der Waals surface area contributed by atoms with E-state index in [1.54, 1.807) is 33.3 Å². The van der Waals surface area contributed by atoms with Crippen LogP contribution in [-0.4, -0.2) is 59.4 Å². The number of amides is 3. The lowest BCUT2D eigenvalue weighted by Crippen LogP contribution is -2.52. The fourth-order valence-electron chi connectivity index (χ4n) is 3.04. The molecule has 1 aliphatic rings. The normalized spacial score (nSPS) is 14.3. The van der Waals surface area contributed by atoms with Crippen LogP contribution in [0.4, 0.5) is 4.79 Å². The summed E-state index contributed by atoms with van der Waals surface area (Å²) in [6.45, 7) is 6.99. The van der Waals surface area contributed by atoms with Crippen molar-refractivity contribution in [2.45, 2.75) is 20.5 Å². The van der Waals surface area contributed by atoms with E-state index >= 15 is 0 Å². The maximum Gasteiger partial charge on any atom is 0.317 e. The third-order valence-corrected chi connectivity index (χ3v) is 5.40. The highest BCUT2D eigenvalue weighted by atomic mass is 32.1. The summed E-state index contributed by atoms with van der Waals surface area (Å²) in [7, 11) is 0. The quantitative estimate of drug-likeness (QED) is 0.738. The number of rotatable bonds is 6. The highest BCUT2D eigenvalue weighted by Crippen LogP contribution is 2.21. The van der Waals surface area contributed by atoms with Gasteiger partial charge < -0.3 is 19.9 Å². The zero-order valence-electron chi connectivity index (χ0n) is 16.8. The van der Waals surface area contributed by atoms with E-state index in [0.717, 1.165) is 16.3 Å². The van der Waals surface area contributed by atoms with Crippen molar-refractivity contribution in [3.63, 3.8) is 0 Å². The van der Waals surface area contributed by atoms with Gasteiger partial charge >= 0.3 is 6.03 Å². The lowest BCUT2D eigenvalue weighted by Gasteiger charge is -2.34. The molecule has 2 heterocycles. The summed E-state index contributed by atoms with van der Waals surface area (Å²) >= 11 is 1.59. The maximum atomic E-state index is 12.5. The average molecular weight is 415 g/mol. The zero-order chi connectivity index (χ0) is 20.6. The van der Waals surface area contributed by atoms with E-state index in [2.05, 4.69) is 10.3 Å². The van der Waals surface area contributed by atoms with Crippen LogP contribution in [0.25, 0.3) is 6.08 Å². The van der Waals surface area contributed by atoms with Crippen LogP contribution >= 0.6 is 11.3 Å². The maximum absolute atomic E-state index is 12.5. The Bertz CT molecular complexity index is 872. The number of carbonyl (C=O) groups excluding carboxylic acids is 2. The van der Waals surface area contributed by atoms with Crippen LogP contribution in [0.2, 0.25) is 0 Å². The Labute approximate surface area is 175 Å². The number of hydrogen-bond donors (Lipinski definition) is 1. The van der Waals surface area contributed by atoms with Gasteiger partial charge in [-0.1, -0.05) is 18.2 Å². The van der Waals surface area contributed by atoms with Gasteiger partial charge in [0.15, 0.2) is 0 Å². The molecular formula is C21H26N4O3S. The first-order chi connectivity index (χ1) is 14.1. The van der Waals surface area contributed by atoms with Gasteiger partial charge in [0.1, 0.15) is 12.4 Å². The van der Waals surface area contributed by atoms with Crippen LogP contribution in [0, 0.1) is 6.92 Å². The highest BCUT2D eigenvalue weighted by molar-refractivity contribution is 7.09. The summed E-state index contributed by atoms with van der Waals surface area (Å²) in [6.07, 6.45) is 3.34. The molecule has 0 unspecified atom stereocenters. The van der Waals surface area contributed by atoms with Gasteiger partial charge in [0.2, 0.25) is 5.91 Å². The smallest absolute Gasteiger partial charge is 0.317 e. The predicted molar refractivity (Wildman–Crippen MR) is 114 cm³/mol. The van der Waals surface area contributed by atoms with Crippen molar-refractivity contribution >= 4 is 29.4 Å². The van der Waals surface area contributed by atoms with Crippen molar-refractivity contribution in [2.24, 2.45) is 0 Å². The SMILES string of the molecule is CCNC(=O)N1CCN(C(=O)/C=C/c2ccccc2OCc2csc(C)n2)CC1. The summed E-state index contributed by atoms with van der Waals surface area (Å²) < 4.78 is 5.89. The number of carbonyl (C=O) groups is 2. The molecule has 154 valence electrons. The van der Waals surface area contributed by atoms with Crippen molar-refractivity contribution in [1.29, 1.82) is 0 Å². The van der Waals surface area contributed by atoms with Gasteiger partial charge in [-0.2, -0.15) is 0 Å². The molecule has 1 aromatic carbocycles. The van der Waals surface area contributed by atoms with Crippen LogP contribution in [0.5, 0.6) is 5.75 Å². The third kappa shape index (κ3) is 5.80. The monoisotopic (exact) mass is 414 g/mol. The Morgan fingerprint density at radius 1 is 1.21 bits per heavy atom. The number of para-hydroxylation sites is 1. The number of nitrogens with zero attached hydrogens (tertiary/aromatic N) is 3. The van der Waals surface area contributed by atoms with Crippen LogP contribution in [-0.2, 0) is 11.4 Å². The number of benzene rings is 1. The summed E-state index contributed by atoms with van der Waals surface area (Å²) in [5, 5.41) is 5.78. The molecule has 0 spiro atoms. The molecule has 8 heteroatoms. The van der Waals surface area contributed by atoms with E-state index in [4.69, 9.17) is 4.74 Å². The van der Waals surface area contributed by atoms with Gasteiger partial charge in [0.05, 0.1) is 10.7 Å². The van der Waals surface area contributed by atoms with Gasteiger partial charge in [0, 0.05) is 49.7 Å². The molecule has 1 saturated heterocycles. The first-order valence-electron chi connectivity index (χ1n) is 9.69.